The molecule has 2 aromatic heterocycles. The van der Waals surface area contributed by atoms with Crippen molar-refractivity contribution >= 4 is 23.5 Å². The Morgan fingerprint density at radius 2 is 1.75 bits per heavy atom. The van der Waals surface area contributed by atoms with Crippen molar-refractivity contribution in [1.82, 2.24) is 24.6 Å². The number of hydrogen-bond acceptors (Lipinski definition) is 6. The molecule has 0 saturated heterocycles. The van der Waals surface area contributed by atoms with Crippen LogP contribution in [0.5, 0.6) is 0 Å². The van der Waals surface area contributed by atoms with Gasteiger partial charge in [0.15, 0.2) is 11.0 Å². The maximum absolute atomic E-state index is 5.88. The summed E-state index contributed by atoms with van der Waals surface area (Å²) in [6.07, 6.45) is 1.90. The van der Waals surface area contributed by atoms with Crippen LogP contribution in [0.3, 0.4) is 0 Å². The highest BCUT2D eigenvalue weighted by atomic mass is 32.2. The number of aromatic nitrogens is 5. The van der Waals surface area contributed by atoms with E-state index in [0.29, 0.717) is 22.7 Å². The lowest BCUT2D eigenvalue weighted by Crippen LogP contribution is -2.04. The Morgan fingerprint density at radius 3 is 2.40 bits per heavy atom. The lowest BCUT2D eigenvalue weighted by Gasteiger charge is -2.00. The summed E-state index contributed by atoms with van der Waals surface area (Å²) in [4.78, 5) is 12.9. The van der Waals surface area contributed by atoms with Crippen LogP contribution < -0.4 is 5.73 Å². The minimum absolute atomic E-state index is 0.294. The third kappa shape index (κ3) is 2.20. The number of benzene rings is 1. The van der Waals surface area contributed by atoms with Crippen LogP contribution in [0.15, 0.2) is 23.4 Å². The quantitative estimate of drug-likeness (QED) is 0.727. The molecule has 102 valence electrons. The number of nitrogen functional groups attached to an aromatic ring is 1. The van der Waals surface area contributed by atoms with Gasteiger partial charge in [-0.1, -0.05) is 29.0 Å². The van der Waals surface area contributed by atoms with Crippen LogP contribution in [0.1, 0.15) is 11.1 Å². The molecule has 1 aromatic carbocycles. The van der Waals surface area contributed by atoms with Crippen molar-refractivity contribution in [2.75, 3.05) is 12.0 Å². The summed E-state index contributed by atoms with van der Waals surface area (Å²) < 4.78 is 1.46. The van der Waals surface area contributed by atoms with Crippen LogP contribution in [0.4, 0.5) is 5.95 Å². The molecule has 3 rings (SSSR count). The summed E-state index contributed by atoms with van der Waals surface area (Å²) >= 11 is 1.42. The molecule has 0 bridgehead atoms. The van der Waals surface area contributed by atoms with Gasteiger partial charge in [-0.05, 0) is 32.2 Å². The Morgan fingerprint density at radius 1 is 1.05 bits per heavy atom. The monoisotopic (exact) mass is 286 g/mol. The van der Waals surface area contributed by atoms with Crippen LogP contribution in [-0.2, 0) is 0 Å². The van der Waals surface area contributed by atoms with Crippen molar-refractivity contribution in [3.63, 3.8) is 0 Å². The van der Waals surface area contributed by atoms with E-state index in [1.54, 1.807) is 0 Å². The summed E-state index contributed by atoms with van der Waals surface area (Å²) in [5, 5.41) is 4.98. The van der Waals surface area contributed by atoms with E-state index in [9.17, 15) is 0 Å². The highest BCUT2D eigenvalue weighted by molar-refractivity contribution is 7.98. The SMILES string of the molecule is CSc1nc(N)n2nc(-c3cc(C)cc(C)c3)nc2n1. The average molecular weight is 286 g/mol. The molecular formula is C13H14N6S. The lowest BCUT2D eigenvalue weighted by molar-refractivity contribution is 0.851. The zero-order chi connectivity index (χ0) is 14.3. The summed E-state index contributed by atoms with van der Waals surface area (Å²) in [5.74, 6) is 1.37. The maximum atomic E-state index is 5.88. The third-order valence-corrected chi connectivity index (χ3v) is 3.42. The van der Waals surface area contributed by atoms with Crippen LogP contribution in [0, 0.1) is 13.8 Å². The van der Waals surface area contributed by atoms with Crippen molar-refractivity contribution in [2.24, 2.45) is 0 Å². The topological polar surface area (TPSA) is 82.0 Å². The molecule has 0 unspecified atom stereocenters. The van der Waals surface area contributed by atoms with E-state index in [-0.39, 0.29) is 0 Å². The van der Waals surface area contributed by atoms with Crippen LogP contribution in [0.25, 0.3) is 17.2 Å². The zero-order valence-corrected chi connectivity index (χ0v) is 12.3. The lowest BCUT2D eigenvalue weighted by atomic mass is 10.1. The van der Waals surface area contributed by atoms with E-state index in [1.807, 2.05) is 32.2 Å². The molecule has 6 nitrogen and oxygen atoms in total. The molecule has 0 fully saturated rings. The van der Waals surface area contributed by atoms with Crippen LogP contribution in [-0.4, -0.2) is 30.8 Å². The fourth-order valence-corrected chi connectivity index (χ4v) is 2.46. The first-order valence-corrected chi connectivity index (χ1v) is 7.32. The number of thioether (sulfide) groups is 1. The molecule has 2 heterocycles. The first-order valence-electron chi connectivity index (χ1n) is 6.10. The van der Waals surface area contributed by atoms with E-state index in [1.165, 1.54) is 27.4 Å². The van der Waals surface area contributed by atoms with Crippen molar-refractivity contribution < 1.29 is 0 Å². The smallest absolute Gasteiger partial charge is 0.258 e. The largest absolute Gasteiger partial charge is 0.368 e. The second-order valence-corrected chi connectivity index (χ2v) is 5.37. The highest BCUT2D eigenvalue weighted by Gasteiger charge is 2.12. The number of fused-ring (bicyclic) bond motifs is 1. The summed E-state index contributed by atoms with van der Waals surface area (Å²) in [7, 11) is 0. The van der Waals surface area contributed by atoms with Gasteiger partial charge in [-0.15, -0.1) is 5.10 Å². The van der Waals surface area contributed by atoms with Gasteiger partial charge in [0, 0.05) is 5.56 Å². The van der Waals surface area contributed by atoms with Crippen molar-refractivity contribution in [3.8, 4) is 11.4 Å². The fourth-order valence-electron chi connectivity index (χ4n) is 2.10. The summed E-state index contributed by atoms with van der Waals surface area (Å²) in [5.41, 5.74) is 9.17. The van der Waals surface area contributed by atoms with Crippen molar-refractivity contribution in [1.29, 1.82) is 0 Å². The van der Waals surface area contributed by atoms with Gasteiger partial charge in [0.05, 0.1) is 0 Å². The third-order valence-electron chi connectivity index (χ3n) is 2.88. The average Bonchev–Trinajstić information content (AvgIpc) is 2.82. The number of rotatable bonds is 2. The Hall–Kier alpha value is -2.15. The Labute approximate surface area is 120 Å². The molecule has 0 spiro atoms. The van der Waals surface area contributed by atoms with Gasteiger partial charge in [0.1, 0.15) is 0 Å². The molecule has 2 N–H and O–H groups in total. The van der Waals surface area contributed by atoms with E-state index >= 15 is 0 Å². The molecule has 0 saturated carbocycles. The van der Waals surface area contributed by atoms with Gasteiger partial charge in [0.2, 0.25) is 5.95 Å². The standard InChI is InChI=1S/C13H14N6S/c1-7-4-8(2)6-9(5-7)10-15-12-17-13(20-3)16-11(14)19(12)18-10/h4-6H,1-3H3,(H2,14,15,16,17,18). The Bertz CT molecular complexity index is 775. The normalized spacial score (nSPS) is 11.2. The van der Waals surface area contributed by atoms with Crippen molar-refractivity contribution in [2.45, 2.75) is 19.0 Å². The molecule has 20 heavy (non-hydrogen) atoms. The van der Waals surface area contributed by atoms with E-state index in [0.717, 1.165) is 5.56 Å². The Balaban J connectivity index is 2.20. The van der Waals surface area contributed by atoms with Gasteiger partial charge in [-0.25, -0.2) is 0 Å². The number of hydrogen-bond donors (Lipinski definition) is 1. The van der Waals surface area contributed by atoms with Crippen molar-refractivity contribution in [3.05, 3.63) is 29.3 Å². The Kier molecular flexibility index (Phi) is 3.06. The molecule has 0 radical (unpaired) electrons. The second kappa shape index (κ2) is 4.75. The van der Waals surface area contributed by atoms with Gasteiger partial charge in [0.25, 0.3) is 5.78 Å². The number of nitrogens with two attached hydrogens (primary N) is 1. The summed E-state index contributed by atoms with van der Waals surface area (Å²) in [6, 6.07) is 6.20. The minimum Gasteiger partial charge on any atom is -0.368 e. The molecule has 0 aliphatic rings. The second-order valence-electron chi connectivity index (χ2n) is 4.59. The van der Waals surface area contributed by atoms with Gasteiger partial charge in [-0.3, -0.25) is 0 Å². The molecule has 0 atom stereocenters. The molecule has 3 aromatic rings. The number of anilines is 1. The number of aryl methyl sites for hydroxylation is 2. The summed E-state index contributed by atoms with van der Waals surface area (Å²) in [6.45, 7) is 4.10. The maximum Gasteiger partial charge on any atom is 0.258 e. The molecule has 7 heteroatoms. The predicted molar refractivity (Wildman–Crippen MR) is 79.7 cm³/mol. The van der Waals surface area contributed by atoms with Gasteiger partial charge >= 0.3 is 0 Å². The van der Waals surface area contributed by atoms with E-state index in [4.69, 9.17) is 5.73 Å². The van der Waals surface area contributed by atoms with Crippen LogP contribution >= 0.6 is 11.8 Å². The molecular weight excluding hydrogens is 272 g/mol. The number of nitrogens with zero attached hydrogens (tertiary/aromatic N) is 5. The highest BCUT2D eigenvalue weighted by Crippen LogP contribution is 2.20. The first kappa shape index (κ1) is 12.9. The molecule has 0 amide bonds. The van der Waals surface area contributed by atoms with E-state index in [2.05, 4.69) is 26.1 Å². The van der Waals surface area contributed by atoms with E-state index < -0.39 is 0 Å². The zero-order valence-electron chi connectivity index (χ0n) is 11.5. The first-order chi connectivity index (χ1) is 9.56. The van der Waals surface area contributed by atoms with Gasteiger partial charge in [-0.2, -0.15) is 19.5 Å². The molecule has 0 aliphatic heterocycles. The minimum atomic E-state index is 0.294. The fraction of sp³-hybridized carbons (Fsp3) is 0.231. The van der Waals surface area contributed by atoms with Gasteiger partial charge < -0.3 is 5.73 Å². The molecule has 0 aliphatic carbocycles. The van der Waals surface area contributed by atoms with Crippen LogP contribution in [0.2, 0.25) is 0 Å². The predicted octanol–water partition coefficient (Wildman–Crippen LogP) is 2.11.